The Bertz CT molecular complexity index is 479. The average Bonchev–Trinajstić information content (AvgIpc) is 2.76. The summed E-state index contributed by atoms with van der Waals surface area (Å²) in [7, 11) is 1.94. The lowest BCUT2D eigenvalue weighted by molar-refractivity contribution is 0.767. The van der Waals surface area contributed by atoms with Crippen LogP contribution in [0.2, 0.25) is 0 Å². The molecule has 4 heteroatoms. The molecule has 3 nitrogen and oxygen atoms in total. The Morgan fingerprint density at radius 2 is 2.18 bits per heavy atom. The van der Waals surface area contributed by atoms with Gasteiger partial charge in [0, 0.05) is 30.4 Å². The summed E-state index contributed by atoms with van der Waals surface area (Å²) < 4.78 is 1.84. The second-order valence-corrected chi connectivity index (χ2v) is 4.75. The standard InChI is InChI=1S/C13H17N3S/c1-16-10-11(9-15-16)7-8-14-12-5-3-4-6-13(12)17-2/h3-6,9-10,14H,7-8H2,1-2H3. The van der Waals surface area contributed by atoms with Crippen molar-refractivity contribution in [3.8, 4) is 0 Å². The van der Waals surface area contributed by atoms with E-state index in [0.29, 0.717) is 0 Å². The summed E-state index contributed by atoms with van der Waals surface area (Å²) in [6, 6.07) is 8.39. The maximum absolute atomic E-state index is 4.16. The highest BCUT2D eigenvalue weighted by molar-refractivity contribution is 7.98. The number of hydrogen-bond donors (Lipinski definition) is 1. The largest absolute Gasteiger partial charge is 0.384 e. The van der Waals surface area contributed by atoms with E-state index < -0.39 is 0 Å². The van der Waals surface area contributed by atoms with Crippen molar-refractivity contribution in [1.29, 1.82) is 0 Å². The lowest BCUT2D eigenvalue weighted by Gasteiger charge is -2.09. The van der Waals surface area contributed by atoms with Crippen LogP contribution in [0.15, 0.2) is 41.6 Å². The fraction of sp³-hybridized carbons (Fsp3) is 0.308. The Kier molecular flexibility index (Phi) is 4.09. The molecule has 0 unspecified atom stereocenters. The van der Waals surface area contributed by atoms with Crippen LogP contribution in [-0.2, 0) is 13.5 Å². The van der Waals surface area contributed by atoms with Crippen LogP contribution >= 0.6 is 11.8 Å². The Morgan fingerprint density at radius 1 is 1.35 bits per heavy atom. The highest BCUT2D eigenvalue weighted by atomic mass is 32.2. The fourth-order valence-electron chi connectivity index (χ4n) is 1.73. The van der Waals surface area contributed by atoms with Gasteiger partial charge in [-0.25, -0.2) is 0 Å². The Hall–Kier alpha value is -1.42. The number of benzene rings is 1. The summed E-state index contributed by atoms with van der Waals surface area (Å²) >= 11 is 1.77. The SMILES string of the molecule is CSc1ccccc1NCCc1cnn(C)c1. The zero-order valence-electron chi connectivity index (χ0n) is 10.2. The number of nitrogens with one attached hydrogen (secondary N) is 1. The van der Waals surface area contributed by atoms with Gasteiger partial charge in [-0.2, -0.15) is 5.10 Å². The van der Waals surface area contributed by atoms with E-state index in [1.807, 2.05) is 17.9 Å². The molecule has 0 radical (unpaired) electrons. The number of thioether (sulfide) groups is 1. The van der Waals surface area contributed by atoms with Crippen LogP contribution in [0.1, 0.15) is 5.56 Å². The Labute approximate surface area is 106 Å². The highest BCUT2D eigenvalue weighted by Gasteiger charge is 2.00. The van der Waals surface area contributed by atoms with Gasteiger partial charge in [-0.05, 0) is 30.4 Å². The van der Waals surface area contributed by atoms with Crippen LogP contribution in [0.5, 0.6) is 0 Å². The van der Waals surface area contributed by atoms with Crippen LogP contribution in [0.25, 0.3) is 0 Å². The molecule has 90 valence electrons. The zero-order chi connectivity index (χ0) is 12.1. The second kappa shape index (κ2) is 5.77. The average molecular weight is 247 g/mol. The van der Waals surface area contributed by atoms with Gasteiger partial charge < -0.3 is 5.32 Å². The van der Waals surface area contributed by atoms with Crippen LogP contribution in [0, 0.1) is 0 Å². The molecule has 0 saturated heterocycles. The van der Waals surface area contributed by atoms with Gasteiger partial charge in [0.2, 0.25) is 0 Å². The molecule has 1 aromatic heterocycles. The van der Waals surface area contributed by atoms with Crippen molar-refractivity contribution in [1.82, 2.24) is 9.78 Å². The summed E-state index contributed by atoms with van der Waals surface area (Å²) in [5.74, 6) is 0. The maximum atomic E-state index is 4.16. The van der Waals surface area contributed by atoms with E-state index in [9.17, 15) is 0 Å². The fourth-order valence-corrected chi connectivity index (χ4v) is 2.31. The monoisotopic (exact) mass is 247 g/mol. The normalized spacial score (nSPS) is 10.5. The number of hydrogen-bond acceptors (Lipinski definition) is 3. The summed E-state index contributed by atoms with van der Waals surface area (Å²) in [6.07, 6.45) is 7.07. The Balaban J connectivity index is 1.89. The molecule has 2 aromatic rings. The first-order valence-corrected chi connectivity index (χ1v) is 6.86. The van der Waals surface area contributed by atoms with Gasteiger partial charge >= 0.3 is 0 Å². The lowest BCUT2D eigenvalue weighted by Crippen LogP contribution is -2.05. The molecule has 0 saturated carbocycles. The van der Waals surface area contributed by atoms with Gasteiger partial charge in [0.25, 0.3) is 0 Å². The predicted molar refractivity (Wildman–Crippen MR) is 73.6 cm³/mol. The molecule has 0 aliphatic rings. The van der Waals surface area contributed by atoms with Crippen molar-refractivity contribution < 1.29 is 0 Å². The summed E-state index contributed by atoms with van der Waals surface area (Å²) in [4.78, 5) is 1.29. The van der Waals surface area contributed by atoms with Gasteiger partial charge in [-0.1, -0.05) is 12.1 Å². The first-order chi connectivity index (χ1) is 8.29. The van der Waals surface area contributed by atoms with E-state index in [4.69, 9.17) is 0 Å². The van der Waals surface area contributed by atoms with Crippen molar-refractivity contribution in [2.24, 2.45) is 7.05 Å². The van der Waals surface area contributed by atoms with Crippen molar-refractivity contribution >= 4 is 17.4 Å². The minimum Gasteiger partial charge on any atom is -0.384 e. The molecule has 0 fully saturated rings. The molecule has 0 bridgehead atoms. The molecule has 0 aliphatic heterocycles. The summed E-state index contributed by atoms with van der Waals surface area (Å²) in [5, 5.41) is 7.62. The smallest absolute Gasteiger partial charge is 0.0522 e. The van der Waals surface area contributed by atoms with Crippen molar-refractivity contribution in [3.63, 3.8) is 0 Å². The number of rotatable bonds is 5. The molecule has 1 heterocycles. The third-order valence-electron chi connectivity index (χ3n) is 2.59. The molecule has 0 spiro atoms. The predicted octanol–water partition coefficient (Wildman–Crippen LogP) is 2.80. The lowest BCUT2D eigenvalue weighted by atomic mass is 10.2. The van der Waals surface area contributed by atoms with Crippen LogP contribution < -0.4 is 5.32 Å². The molecule has 0 atom stereocenters. The van der Waals surface area contributed by atoms with Crippen molar-refractivity contribution in [2.45, 2.75) is 11.3 Å². The Morgan fingerprint density at radius 3 is 2.88 bits per heavy atom. The highest BCUT2D eigenvalue weighted by Crippen LogP contribution is 2.24. The van der Waals surface area contributed by atoms with E-state index in [2.05, 4.69) is 47.1 Å². The van der Waals surface area contributed by atoms with Crippen LogP contribution in [0.4, 0.5) is 5.69 Å². The number of nitrogens with zero attached hydrogens (tertiary/aromatic N) is 2. The van der Waals surface area contributed by atoms with Crippen molar-refractivity contribution in [2.75, 3.05) is 18.1 Å². The molecule has 2 rings (SSSR count). The zero-order valence-corrected chi connectivity index (χ0v) is 11.0. The van der Waals surface area contributed by atoms with Crippen LogP contribution in [-0.4, -0.2) is 22.6 Å². The van der Waals surface area contributed by atoms with Gasteiger partial charge in [-0.15, -0.1) is 11.8 Å². The number of para-hydroxylation sites is 1. The molecule has 1 N–H and O–H groups in total. The van der Waals surface area contributed by atoms with Gasteiger partial charge in [0.1, 0.15) is 0 Å². The molecular weight excluding hydrogens is 230 g/mol. The quantitative estimate of drug-likeness (QED) is 0.824. The summed E-state index contributed by atoms with van der Waals surface area (Å²) in [5.41, 5.74) is 2.48. The second-order valence-electron chi connectivity index (χ2n) is 3.90. The molecular formula is C13H17N3S. The van der Waals surface area contributed by atoms with E-state index in [1.54, 1.807) is 11.8 Å². The minimum absolute atomic E-state index is 0.934. The third kappa shape index (κ3) is 3.27. The number of aryl methyl sites for hydroxylation is 1. The first kappa shape index (κ1) is 12.0. The van der Waals surface area contributed by atoms with Crippen LogP contribution in [0.3, 0.4) is 0 Å². The third-order valence-corrected chi connectivity index (χ3v) is 3.39. The maximum Gasteiger partial charge on any atom is 0.0522 e. The summed E-state index contributed by atoms with van der Waals surface area (Å²) in [6.45, 7) is 0.934. The van der Waals surface area contributed by atoms with Gasteiger partial charge in [0.05, 0.1) is 6.20 Å². The van der Waals surface area contributed by atoms with E-state index >= 15 is 0 Å². The number of anilines is 1. The van der Waals surface area contributed by atoms with E-state index in [-0.39, 0.29) is 0 Å². The van der Waals surface area contributed by atoms with Gasteiger partial charge in [-0.3, -0.25) is 4.68 Å². The van der Waals surface area contributed by atoms with E-state index in [1.165, 1.54) is 16.1 Å². The first-order valence-electron chi connectivity index (χ1n) is 5.64. The number of aromatic nitrogens is 2. The molecule has 17 heavy (non-hydrogen) atoms. The molecule has 0 aliphatic carbocycles. The minimum atomic E-state index is 0.934. The van der Waals surface area contributed by atoms with Crippen molar-refractivity contribution in [3.05, 3.63) is 42.2 Å². The van der Waals surface area contributed by atoms with E-state index in [0.717, 1.165) is 13.0 Å². The molecule has 0 amide bonds. The molecule has 1 aromatic carbocycles. The topological polar surface area (TPSA) is 29.9 Å². The van der Waals surface area contributed by atoms with Gasteiger partial charge in [0.15, 0.2) is 0 Å².